The number of hydrogen-bond acceptors (Lipinski definition) is 9. The Kier molecular flexibility index (Phi) is 11.8. The van der Waals surface area contributed by atoms with Gasteiger partial charge in [-0.15, -0.1) is 0 Å². The van der Waals surface area contributed by atoms with Crippen molar-refractivity contribution in [3.63, 3.8) is 0 Å². The fourth-order valence-corrected chi connectivity index (χ4v) is 3.90. The highest BCUT2D eigenvalue weighted by Gasteiger charge is 2.35. The number of Topliss-reactive ketones (excluding diaryl/α,β-unsaturated/α-hetero) is 1. The van der Waals surface area contributed by atoms with Crippen LogP contribution in [0.15, 0.2) is 18.2 Å². The fourth-order valence-electron chi connectivity index (χ4n) is 3.90. The molecule has 1 aliphatic rings. The Balaban J connectivity index is 1.96. The van der Waals surface area contributed by atoms with Gasteiger partial charge in [0.1, 0.15) is 23.5 Å². The van der Waals surface area contributed by atoms with Gasteiger partial charge in [-0.1, -0.05) is 33.8 Å². The largest absolute Gasteiger partial charge is 0.453 e. The molecule has 38 heavy (non-hydrogen) atoms. The molecule has 1 fully saturated rings. The van der Waals surface area contributed by atoms with Crippen LogP contribution in [0.4, 0.5) is 0 Å². The number of ketones is 1. The van der Waals surface area contributed by atoms with Crippen LogP contribution in [0.2, 0.25) is 0 Å². The Morgan fingerprint density at radius 1 is 1.21 bits per heavy atom. The maximum Gasteiger partial charge on any atom is 0.357 e. The lowest BCUT2D eigenvalue weighted by atomic mass is 9.98. The first-order valence-electron chi connectivity index (χ1n) is 12.7. The quantitative estimate of drug-likeness (QED) is 0.333. The first kappa shape index (κ1) is 30.4. The zero-order valence-corrected chi connectivity index (χ0v) is 22.3. The zero-order valence-electron chi connectivity index (χ0n) is 22.3. The number of esters is 1. The average molecular weight is 529 g/mol. The number of amides is 3. The highest BCUT2D eigenvalue weighted by Crippen LogP contribution is 2.14. The Hall–Kier alpha value is -3.85. The normalized spacial score (nSPS) is 15.9. The van der Waals surface area contributed by atoms with E-state index in [-0.39, 0.29) is 48.0 Å². The molecule has 3 amide bonds. The molecule has 0 aliphatic carbocycles. The van der Waals surface area contributed by atoms with Gasteiger partial charge in [-0.3, -0.25) is 24.2 Å². The lowest BCUT2D eigenvalue weighted by Gasteiger charge is -2.36. The molecule has 1 aromatic rings. The molecule has 2 heterocycles. The van der Waals surface area contributed by atoms with E-state index < -0.39 is 36.4 Å². The third kappa shape index (κ3) is 9.23. The van der Waals surface area contributed by atoms with E-state index in [1.807, 2.05) is 19.9 Å². The van der Waals surface area contributed by atoms with E-state index in [1.54, 1.807) is 13.8 Å². The summed E-state index contributed by atoms with van der Waals surface area (Å²) in [5, 5.41) is 15.6. The number of ether oxygens (including phenoxy) is 1. The van der Waals surface area contributed by atoms with Gasteiger partial charge in [-0.2, -0.15) is 5.26 Å². The molecule has 0 saturated carbocycles. The van der Waals surface area contributed by atoms with Crippen LogP contribution in [0.25, 0.3) is 0 Å². The number of nitrogens with one attached hydrogen (secondary N) is 3. The number of aromatic nitrogens is 1. The number of carbonyl (C=O) groups excluding carboxylic acids is 5. The van der Waals surface area contributed by atoms with Crippen molar-refractivity contribution in [2.75, 3.05) is 19.7 Å². The van der Waals surface area contributed by atoms with Crippen LogP contribution in [-0.2, 0) is 23.9 Å². The van der Waals surface area contributed by atoms with Crippen molar-refractivity contribution in [2.45, 2.75) is 65.5 Å². The summed E-state index contributed by atoms with van der Waals surface area (Å²) >= 11 is 0. The summed E-state index contributed by atoms with van der Waals surface area (Å²) in [7, 11) is 0. The summed E-state index contributed by atoms with van der Waals surface area (Å²) in [6.07, 6.45) is 1.44. The van der Waals surface area contributed by atoms with E-state index in [4.69, 9.17) is 10.00 Å². The predicted octanol–water partition coefficient (Wildman–Crippen LogP) is 0.868. The molecule has 2 atom stereocenters. The molecule has 2 rings (SSSR count). The zero-order chi connectivity index (χ0) is 28.2. The van der Waals surface area contributed by atoms with Gasteiger partial charge in [0.2, 0.25) is 17.7 Å². The van der Waals surface area contributed by atoms with Crippen molar-refractivity contribution in [2.24, 2.45) is 11.8 Å². The van der Waals surface area contributed by atoms with Gasteiger partial charge in [0.15, 0.2) is 12.4 Å². The SMILES string of the molecule is CC(C)CC(=O)NCCC(=O)N1NCCCC1C(=O)NC(C(=O)COC(=O)c1cccc(C#N)n1)C(C)C. The molecule has 3 N–H and O–H groups in total. The monoisotopic (exact) mass is 528 g/mol. The minimum Gasteiger partial charge on any atom is -0.453 e. The maximum atomic E-state index is 13.2. The second kappa shape index (κ2) is 14.8. The van der Waals surface area contributed by atoms with Gasteiger partial charge in [0.05, 0.1) is 6.04 Å². The van der Waals surface area contributed by atoms with Crippen LogP contribution in [0, 0.1) is 23.2 Å². The van der Waals surface area contributed by atoms with E-state index in [0.29, 0.717) is 25.8 Å². The number of nitrogens with zero attached hydrogens (tertiary/aromatic N) is 3. The molecule has 0 aromatic carbocycles. The lowest BCUT2D eigenvalue weighted by Crippen LogP contribution is -2.61. The van der Waals surface area contributed by atoms with Crippen molar-refractivity contribution in [1.29, 1.82) is 5.26 Å². The lowest BCUT2D eigenvalue weighted by molar-refractivity contribution is -0.147. The Morgan fingerprint density at radius 3 is 2.61 bits per heavy atom. The standard InChI is InChI=1S/C26H36N6O6/c1-16(2)13-22(34)28-12-10-23(35)32-20(9-6-11-29-32)25(36)31-24(17(3)4)21(33)15-38-26(37)19-8-5-7-18(14-27)30-19/h5,7-8,16-17,20,24,29H,6,9-13,15H2,1-4H3,(H,28,34)(H,31,36). The number of pyridine rings is 1. The van der Waals surface area contributed by atoms with Crippen LogP contribution < -0.4 is 16.1 Å². The first-order chi connectivity index (χ1) is 18.0. The summed E-state index contributed by atoms with van der Waals surface area (Å²) in [6.45, 7) is 7.41. The molecule has 0 spiro atoms. The van der Waals surface area contributed by atoms with E-state index in [1.165, 1.54) is 23.2 Å². The molecule has 12 nitrogen and oxygen atoms in total. The van der Waals surface area contributed by atoms with Crippen molar-refractivity contribution in [1.82, 2.24) is 26.1 Å². The summed E-state index contributed by atoms with van der Waals surface area (Å²) in [4.78, 5) is 66.8. The Labute approximate surface area is 222 Å². The van der Waals surface area contributed by atoms with E-state index in [9.17, 15) is 24.0 Å². The highest BCUT2D eigenvalue weighted by molar-refractivity contribution is 5.95. The summed E-state index contributed by atoms with van der Waals surface area (Å²) in [5.41, 5.74) is 2.88. The summed E-state index contributed by atoms with van der Waals surface area (Å²) < 4.78 is 5.07. The molecule has 1 saturated heterocycles. The molecule has 0 bridgehead atoms. The van der Waals surface area contributed by atoms with Crippen molar-refractivity contribution in [3.05, 3.63) is 29.6 Å². The van der Waals surface area contributed by atoms with Crippen LogP contribution in [0.1, 0.15) is 69.6 Å². The van der Waals surface area contributed by atoms with Crippen molar-refractivity contribution in [3.8, 4) is 6.07 Å². The van der Waals surface area contributed by atoms with E-state index >= 15 is 0 Å². The predicted molar refractivity (Wildman–Crippen MR) is 136 cm³/mol. The number of hydrogen-bond donors (Lipinski definition) is 3. The second-order valence-electron chi connectivity index (χ2n) is 9.82. The smallest absolute Gasteiger partial charge is 0.357 e. The highest BCUT2D eigenvalue weighted by atomic mass is 16.5. The molecule has 1 aliphatic heterocycles. The number of carbonyl (C=O) groups is 5. The fraction of sp³-hybridized carbons (Fsp3) is 0.577. The van der Waals surface area contributed by atoms with E-state index in [2.05, 4.69) is 21.0 Å². The molecule has 206 valence electrons. The van der Waals surface area contributed by atoms with Gasteiger partial charge in [0, 0.05) is 25.9 Å². The van der Waals surface area contributed by atoms with Gasteiger partial charge in [-0.05, 0) is 36.8 Å². The molecular weight excluding hydrogens is 492 g/mol. The van der Waals surface area contributed by atoms with Crippen molar-refractivity contribution >= 4 is 29.5 Å². The van der Waals surface area contributed by atoms with Gasteiger partial charge in [-0.25, -0.2) is 15.2 Å². The van der Waals surface area contributed by atoms with Gasteiger partial charge in [0.25, 0.3) is 0 Å². The molecular formula is C26H36N6O6. The first-order valence-corrected chi connectivity index (χ1v) is 12.7. The van der Waals surface area contributed by atoms with Crippen molar-refractivity contribution < 1.29 is 28.7 Å². The molecule has 12 heteroatoms. The molecule has 0 radical (unpaired) electrons. The summed E-state index contributed by atoms with van der Waals surface area (Å²) in [5.74, 6) is -2.48. The van der Waals surface area contributed by atoms with E-state index in [0.717, 1.165) is 0 Å². The maximum absolute atomic E-state index is 13.2. The minimum atomic E-state index is -0.956. The molecule has 2 unspecified atom stereocenters. The van der Waals surface area contributed by atoms with Crippen LogP contribution >= 0.6 is 0 Å². The summed E-state index contributed by atoms with van der Waals surface area (Å²) in [6, 6.07) is 4.31. The number of hydrazine groups is 1. The molecule has 1 aromatic heterocycles. The van der Waals surface area contributed by atoms with Gasteiger partial charge < -0.3 is 15.4 Å². The van der Waals surface area contributed by atoms with Crippen LogP contribution in [0.3, 0.4) is 0 Å². The van der Waals surface area contributed by atoms with Crippen LogP contribution in [0.5, 0.6) is 0 Å². The number of nitriles is 1. The second-order valence-corrected chi connectivity index (χ2v) is 9.82. The third-order valence-corrected chi connectivity index (χ3v) is 5.80. The number of rotatable bonds is 12. The average Bonchev–Trinajstić information content (AvgIpc) is 2.89. The minimum absolute atomic E-state index is 0.0180. The van der Waals surface area contributed by atoms with Gasteiger partial charge >= 0.3 is 5.97 Å². The Bertz CT molecular complexity index is 1070. The van der Waals surface area contributed by atoms with Crippen LogP contribution in [-0.4, -0.2) is 71.2 Å². The topological polar surface area (TPSA) is 171 Å². The Morgan fingerprint density at radius 2 is 1.95 bits per heavy atom. The third-order valence-electron chi connectivity index (χ3n) is 5.80.